The van der Waals surface area contributed by atoms with Crippen LogP contribution >= 0.6 is 11.6 Å². The van der Waals surface area contributed by atoms with E-state index in [0.717, 1.165) is 17.8 Å². The van der Waals surface area contributed by atoms with Crippen LogP contribution in [0.4, 0.5) is 5.69 Å². The van der Waals surface area contributed by atoms with Gasteiger partial charge in [-0.25, -0.2) is 0 Å². The maximum absolute atomic E-state index is 5.73. The number of hydrogen-bond donors (Lipinski definition) is 1. The minimum Gasteiger partial charge on any atom is -0.385 e. The van der Waals surface area contributed by atoms with Gasteiger partial charge >= 0.3 is 0 Å². The van der Waals surface area contributed by atoms with Gasteiger partial charge in [0.2, 0.25) is 0 Å². The average molecular weight is 170 g/mol. The van der Waals surface area contributed by atoms with E-state index in [1.807, 2.05) is 24.3 Å². The third-order valence-electron chi connectivity index (χ3n) is 1.53. The van der Waals surface area contributed by atoms with Crippen molar-refractivity contribution in [1.82, 2.24) is 0 Å². The van der Waals surface area contributed by atoms with Gasteiger partial charge in [0.05, 0.1) is 0 Å². The van der Waals surface area contributed by atoms with Crippen LogP contribution in [0.1, 0.15) is 12.5 Å². The van der Waals surface area contributed by atoms with Crippen LogP contribution in [0, 0.1) is 0 Å². The molecule has 0 saturated heterocycles. The molecule has 0 radical (unpaired) electrons. The average Bonchev–Trinajstić information content (AvgIpc) is 2.06. The van der Waals surface area contributed by atoms with E-state index in [4.69, 9.17) is 11.6 Å². The number of nitrogens with one attached hydrogen (secondary N) is 1. The Kier molecular flexibility index (Phi) is 3.24. The second-order valence-corrected chi connectivity index (χ2v) is 2.59. The molecule has 0 heterocycles. The molecule has 1 aromatic carbocycles. The highest BCUT2D eigenvalue weighted by Gasteiger charge is 1.96. The molecule has 1 rings (SSSR count). The summed E-state index contributed by atoms with van der Waals surface area (Å²) >= 11 is 5.73. The Labute approximate surface area is 72.4 Å². The number of benzene rings is 1. The molecule has 60 valence electrons. The summed E-state index contributed by atoms with van der Waals surface area (Å²) in [6.07, 6.45) is 0. The molecule has 0 aliphatic heterocycles. The fourth-order valence-corrected chi connectivity index (χ4v) is 1.23. The molecule has 1 nitrogen and oxygen atoms in total. The minimum absolute atomic E-state index is 0.573. The highest BCUT2D eigenvalue weighted by Crippen LogP contribution is 2.16. The molecular formula is C9H12ClN. The maximum atomic E-state index is 5.73. The molecular weight excluding hydrogens is 158 g/mol. The van der Waals surface area contributed by atoms with Crippen molar-refractivity contribution >= 4 is 17.3 Å². The number of para-hydroxylation sites is 1. The summed E-state index contributed by atoms with van der Waals surface area (Å²) in [7, 11) is 0. The zero-order chi connectivity index (χ0) is 8.10. The molecule has 1 N–H and O–H groups in total. The fourth-order valence-electron chi connectivity index (χ4n) is 1.000. The molecule has 0 aromatic heterocycles. The fraction of sp³-hybridized carbons (Fsp3) is 0.333. The normalized spacial score (nSPS) is 9.64. The highest BCUT2D eigenvalue weighted by atomic mass is 35.5. The Balaban J connectivity index is 2.83. The van der Waals surface area contributed by atoms with Crippen molar-refractivity contribution in [1.29, 1.82) is 0 Å². The molecule has 0 spiro atoms. The molecule has 0 fully saturated rings. The Morgan fingerprint density at radius 1 is 1.36 bits per heavy atom. The van der Waals surface area contributed by atoms with Crippen LogP contribution in [0.15, 0.2) is 24.3 Å². The van der Waals surface area contributed by atoms with Gasteiger partial charge in [0, 0.05) is 18.1 Å². The Hall–Kier alpha value is -0.690. The van der Waals surface area contributed by atoms with Gasteiger partial charge in [-0.05, 0) is 18.6 Å². The lowest BCUT2D eigenvalue weighted by molar-refractivity contribution is 1.19. The molecule has 0 aliphatic carbocycles. The van der Waals surface area contributed by atoms with E-state index in [1.54, 1.807) is 0 Å². The zero-order valence-electron chi connectivity index (χ0n) is 6.60. The topological polar surface area (TPSA) is 12.0 Å². The van der Waals surface area contributed by atoms with E-state index in [2.05, 4.69) is 12.2 Å². The Morgan fingerprint density at radius 2 is 2.09 bits per heavy atom. The van der Waals surface area contributed by atoms with E-state index in [9.17, 15) is 0 Å². The number of rotatable bonds is 3. The van der Waals surface area contributed by atoms with Gasteiger partial charge in [-0.1, -0.05) is 18.2 Å². The summed E-state index contributed by atoms with van der Waals surface area (Å²) < 4.78 is 0. The van der Waals surface area contributed by atoms with Crippen LogP contribution in [0.2, 0.25) is 0 Å². The van der Waals surface area contributed by atoms with Crippen molar-refractivity contribution in [2.75, 3.05) is 11.9 Å². The van der Waals surface area contributed by atoms with E-state index in [0.29, 0.717) is 5.88 Å². The first-order valence-electron chi connectivity index (χ1n) is 3.76. The maximum Gasteiger partial charge on any atom is 0.0494 e. The predicted molar refractivity (Wildman–Crippen MR) is 50.2 cm³/mol. The number of anilines is 1. The Bertz CT molecular complexity index is 223. The standard InChI is InChI=1S/C9H12ClN/c1-2-11-9-6-4-3-5-8(9)7-10/h3-6,11H,2,7H2,1H3. The van der Waals surface area contributed by atoms with Crippen molar-refractivity contribution in [2.24, 2.45) is 0 Å². The third kappa shape index (κ3) is 2.12. The van der Waals surface area contributed by atoms with Gasteiger partial charge in [-0.3, -0.25) is 0 Å². The summed E-state index contributed by atoms with van der Waals surface area (Å²) in [5.74, 6) is 0.573. The van der Waals surface area contributed by atoms with Gasteiger partial charge < -0.3 is 5.32 Å². The summed E-state index contributed by atoms with van der Waals surface area (Å²) in [6, 6.07) is 8.08. The molecule has 2 heteroatoms. The van der Waals surface area contributed by atoms with Crippen LogP contribution in [-0.4, -0.2) is 6.54 Å². The van der Waals surface area contributed by atoms with Crippen molar-refractivity contribution in [2.45, 2.75) is 12.8 Å². The first kappa shape index (κ1) is 8.41. The number of hydrogen-bond acceptors (Lipinski definition) is 1. The lowest BCUT2D eigenvalue weighted by atomic mass is 10.2. The van der Waals surface area contributed by atoms with Gasteiger partial charge in [0.15, 0.2) is 0 Å². The van der Waals surface area contributed by atoms with Gasteiger partial charge in [-0.15, -0.1) is 11.6 Å². The van der Waals surface area contributed by atoms with Crippen LogP contribution in [0.25, 0.3) is 0 Å². The van der Waals surface area contributed by atoms with Crippen LogP contribution in [-0.2, 0) is 5.88 Å². The minimum atomic E-state index is 0.573. The monoisotopic (exact) mass is 169 g/mol. The molecule has 0 amide bonds. The largest absolute Gasteiger partial charge is 0.385 e. The number of halogens is 1. The van der Waals surface area contributed by atoms with Gasteiger partial charge in [-0.2, -0.15) is 0 Å². The van der Waals surface area contributed by atoms with E-state index >= 15 is 0 Å². The van der Waals surface area contributed by atoms with E-state index in [1.165, 1.54) is 0 Å². The van der Waals surface area contributed by atoms with Crippen molar-refractivity contribution in [3.8, 4) is 0 Å². The van der Waals surface area contributed by atoms with E-state index in [-0.39, 0.29) is 0 Å². The summed E-state index contributed by atoms with van der Waals surface area (Å²) in [5, 5.41) is 3.24. The molecule has 0 unspecified atom stereocenters. The van der Waals surface area contributed by atoms with Gasteiger partial charge in [0.25, 0.3) is 0 Å². The molecule has 0 bridgehead atoms. The smallest absolute Gasteiger partial charge is 0.0494 e. The zero-order valence-corrected chi connectivity index (χ0v) is 7.36. The Morgan fingerprint density at radius 3 is 2.73 bits per heavy atom. The molecule has 0 atom stereocenters. The van der Waals surface area contributed by atoms with Crippen molar-refractivity contribution in [3.63, 3.8) is 0 Å². The molecule has 1 aromatic rings. The summed E-state index contributed by atoms with van der Waals surface area (Å²) in [5.41, 5.74) is 2.31. The highest BCUT2D eigenvalue weighted by molar-refractivity contribution is 6.17. The first-order valence-corrected chi connectivity index (χ1v) is 4.29. The van der Waals surface area contributed by atoms with Crippen LogP contribution in [0.3, 0.4) is 0 Å². The second-order valence-electron chi connectivity index (χ2n) is 2.32. The number of alkyl halides is 1. The SMILES string of the molecule is CCNc1ccccc1CCl. The molecule has 11 heavy (non-hydrogen) atoms. The molecule has 0 aliphatic rings. The van der Waals surface area contributed by atoms with Crippen LogP contribution < -0.4 is 5.32 Å². The summed E-state index contributed by atoms with van der Waals surface area (Å²) in [6.45, 7) is 3.01. The van der Waals surface area contributed by atoms with Crippen molar-refractivity contribution in [3.05, 3.63) is 29.8 Å². The first-order chi connectivity index (χ1) is 5.38. The van der Waals surface area contributed by atoms with E-state index < -0.39 is 0 Å². The van der Waals surface area contributed by atoms with Crippen LogP contribution in [0.5, 0.6) is 0 Å². The molecule has 0 saturated carbocycles. The third-order valence-corrected chi connectivity index (χ3v) is 1.82. The summed E-state index contributed by atoms with van der Waals surface area (Å²) in [4.78, 5) is 0. The van der Waals surface area contributed by atoms with Gasteiger partial charge in [0.1, 0.15) is 0 Å². The lowest BCUT2D eigenvalue weighted by Crippen LogP contribution is -1.98. The predicted octanol–water partition coefficient (Wildman–Crippen LogP) is 2.86. The lowest BCUT2D eigenvalue weighted by Gasteiger charge is -2.06. The quantitative estimate of drug-likeness (QED) is 0.687. The van der Waals surface area contributed by atoms with Crippen molar-refractivity contribution < 1.29 is 0 Å². The second kappa shape index (κ2) is 4.24.